The molecule has 86 valence electrons. The first-order valence-corrected chi connectivity index (χ1v) is 5.53. The van der Waals surface area contributed by atoms with Crippen LogP contribution in [0.4, 0.5) is 0 Å². The van der Waals surface area contributed by atoms with Gasteiger partial charge in [0, 0.05) is 6.42 Å². The second kappa shape index (κ2) is 4.79. The second-order valence-electron chi connectivity index (χ2n) is 4.74. The summed E-state index contributed by atoms with van der Waals surface area (Å²) in [5.41, 5.74) is -0.656. The topological polar surface area (TPSA) is 57.5 Å². The minimum Gasteiger partial charge on any atom is -0.481 e. The molecule has 0 aromatic heterocycles. The molecule has 3 atom stereocenters. The van der Waals surface area contributed by atoms with Crippen molar-refractivity contribution in [2.24, 2.45) is 11.8 Å². The third-order valence-corrected chi connectivity index (χ3v) is 3.55. The minimum absolute atomic E-state index is 0.161. The van der Waals surface area contributed by atoms with Crippen LogP contribution < -0.4 is 0 Å². The smallest absolute Gasteiger partial charge is 0.303 e. The van der Waals surface area contributed by atoms with E-state index in [2.05, 4.69) is 6.58 Å². The maximum Gasteiger partial charge on any atom is 0.303 e. The summed E-state index contributed by atoms with van der Waals surface area (Å²) >= 11 is 0. The number of carboxylic acid groups (broad SMARTS) is 1. The highest BCUT2D eigenvalue weighted by molar-refractivity contribution is 5.67. The van der Waals surface area contributed by atoms with Crippen molar-refractivity contribution in [1.82, 2.24) is 0 Å². The van der Waals surface area contributed by atoms with Gasteiger partial charge in [-0.05, 0) is 37.5 Å². The molecular formula is C12H20O3. The average Bonchev–Trinajstić information content (AvgIpc) is 2.12. The molecule has 15 heavy (non-hydrogen) atoms. The Hall–Kier alpha value is -0.830. The van der Waals surface area contributed by atoms with Crippen LogP contribution in [0.3, 0.4) is 0 Å². The van der Waals surface area contributed by atoms with Crippen molar-refractivity contribution in [2.75, 3.05) is 0 Å². The van der Waals surface area contributed by atoms with E-state index in [4.69, 9.17) is 5.11 Å². The zero-order valence-electron chi connectivity index (χ0n) is 9.28. The van der Waals surface area contributed by atoms with Crippen molar-refractivity contribution in [1.29, 1.82) is 0 Å². The van der Waals surface area contributed by atoms with E-state index in [-0.39, 0.29) is 18.3 Å². The lowest BCUT2D eigenvalue weighted by molar-refractivity contribution is -0.139. The van der Waals surface area contributed by atoms with Crippen molar-refractivity contribution in [3.05, 3.63) is 12.7 Å². The molecule has 1 aliphatic rings. The van der Waals surface area contributed by atoms with Crippen LogP contribution in [0.25, 0.3) is 0 Å². The number of carboxylic acids is 1. The van der Waals surface area contributed by atoms with Gasteiger partial charge in [0.25, 0.3) is 0 Å². The van der Waals surface area contributed by atoms with E-state index in [0.29, 0.717) is 12.8 Å². The van der Waals surface area contributed by atoms with Crippen LogP contribution in [0.1, 0.15) is 39.0 Å². The maximum absolute atomic E-state index is 10.6. The molecule has 3 nitrogen and oxygen atoms in total. The van der Waals surface area contributed by atoms with Crippen LogP contribution >= 0.6 is 0 Å². The average molecular weight is 212 g/mol. The zero-order chi connectivity index (χ0) is 11.5. The van der Waals surface area contributed by atoms with E-state index in [9.17, 15) is 9.90 Å². The molecule has 0 saturated heterocycles. The molecule has 0 bridgehead atoms. The van der Waals surface area contributed by atoms with Crippen molar-refractivity contribution < 1.29 is 15.0 Å². The molecule has 1 rings (SSSR count). The number of rotatable bonds is 4. The summed E-state index contributed by atoms with van der Waals surface area (Å²) in [5, 5.41) is 19.0. The van der Waals surface area contributed by atoms with Crippen molar-refractivity contribution in [3.8, 4) is 0 Å². The Kier molecular flexibility index (Phi) is 3.91. The van der Waals surface area contributed by atoms with E-state index < -0.39 is 11.6 Å². The van der Waals surface area contributed by atoms with Gasteiger partial charge < -0.3 is 10.2 Å². The minimum atomic E-state index is -0.735. The first-order valence-electron chi connectivity index (χ1n) is 5.53. The van der Waals surface area contributed by atoms with Gasteiger partial charge in [-0.2, -0.15) is 0 Å². The fourth-order valence-electron chi connectivity index (χ4n) is 2.52. The summed E-state index contributed by atoms with van der Waals surface area (Å²) in [4.78, 5) is 10.6. The lowest BCUT2D eigenvalue weighted by Crippen LogP contribution is -2.41. The number of aliphatic hydroxyl groups is 1. The lowest BCUT2D eigenvalue weighted by atomic mass is 9.69. The molecule has 0 aromatic carbocycles. The van der Waals surface area contributed by atoms with Crippen LogP contribution in [0.15, 0.2) is 12.7 Å². The van der Waals surface area contributed by atoms with Crippen LogP contribution in [-0.2, 0) is 4.79 Å². The van der Waals surface area contributed by atoms with E-state index in [0.717, 1.165) is 12.8 Å². The molecule has 0 aromatic rings. The molecule has 3 unspecified atom stereocenters. The van der Waals surface area contributed by atoms with Crippen molar-refractivity contribution in [2.45, 2.75) is 44.6 Å². The third-order valence-electron chi connectivity index (χ3n) is 3.55. The fourth-order valence-corrected chi connectivity index (χ4v) is 2.52. The molecule has 2 N–H and O–H groups in total. The van der Waals surface area contributed by atoms with Gasteiger partial charge in [0.05, 0.1) is 5.60 Å². The Bertz CT molecular complexity index is 249. The van der Waals surface area contributed by atoms with Gasteiger partial charge in [-0.25, -0.2) is 0 Å². The summed E-state index contributed by atoms with van der Waals surface area (Å²) in [6.07, 6.45) is 4.88. The van der Waals surface area contributed by atoms with E-state index in [1.54, 1.807) is 6.08 Å². The highest BCUT2D eigenvalue weighted by Crippen LogP contribution is 2.40. The normalized spacial score (nSPS) is 36.1. The summed E-state index contributed by atoms with van der Waals surface area (Å²) in [6, 6.07) is 0. The predicted octanol–water partition coefficient (Wildman–Crippen LogP) is 2.20. The summed E-state index contributed by atoms with van der Waals surface area (Å²) in [5.74, 6) is -0.349. The number of carbonyl (C=O) groups is 1. The van der Waals surface area contributed by atoms with Gasteiger partial charge >= 0.3 is 5.97 Å². The molecule has 1 fully saturated rings. The van der Waals surface area contributed by atoms with Gasteiger partial charge in [0.15, 0.2) is 0 Å². The molecule has 1 aliphatic carbocycles. The fraction of sp³-hybridized carbons (Fsp3) is 0.750. The summed E-state index contributed by atoms with van der Waals surface area (Å²) in [7, 11) is 0. The zero-order valence-corrected chi connectivity index (χ0v) is 9.28. The molecule has 0 heterocycles. The van der Waals surface area contributed by atoms with Crippen LogP contribution in [-0.4, -0.2) is 21.8 Å². The molecule has 0 spiro atoms. The number of aliphatic carboxylic acids is 1. The highest BCUT2D eigenvalue weighted by Gasteiger charge is 2.38. The summed E-state index contributed by atoms with van der Waals surface area (Å²) in [6.45, 7) is 5.65. The van der Waals surface area contributed by atoms with Crippen molar-refractivity contribution >= 4 is 5.97 Å². The number of hydrogen-bond acceptors (Lipinski definition) is 2. The van der Waals surface area contributed by atoms with Gasteiger partial charge in [-0.15, -0.1) is 6.58 Å². The monoisotopic (exact) mass is 212 g/mol. The molecule has 0 aliphatic heterocycles. The predicted molar refractivity (Wildman–Crippen MR) is 58.5 cm³/mol. The van der Waals surface area contributed by atoms with Gasteiger partial charge in [-0.3, -0.25) is 4.79 Å². The van der Waals surface area contributed by atoms with Crippen molar-refractivity contribution in [3.63, 3.8) is 0 Å². The number of hydrogen-bond donors (Lipinski definition) is 2. The first kappa shape index (κ1) is 12.2. The van der Waals surface area contributed by atoms with Crippen LogP contribution in [0.2, 0.25) is 0 Å². The molecular weight excluding hydrogens is 192 g/mol. The largest absolute Gasteiger partial charge is 0.481 e. The standard InChI is InChI=1S/C12H20O3/c1-3-5-12(15)6-4-10(7-9(12)2)8-11(13)14/h3,9-10,15H,1,4-8H2,2H3,(H,13,14). The Balaban J connectivity index is 2.54. The Morgan fingerprint density at radius 3 is 2.80 bits per heavy atom. The Morgan fingerprint density at radius 1 is 1.67 bits per heavy atom. The SMILES string of the molecule is C=CCC1(O)CCC(CC(=O)O)CC1C. The maximum atomic E-state index is 10.6. The lowest BCUT2D eigenvalue weighted by Gasteiger charge is -2.40. The molecule has 3 heteroatoms. The highest BCUT2D eigenvalue weighted by atomic mass is 16.4. The van der Waals surface area contributed by atoms with E-state index in [1.807, 2.05) is 6.92 Å². The van der Waals surface area contributed by atoms with E-state index >= 15 is 0 Å². The first-order chi connectivity index (χ1) is 6.98. The Morgan fingerprint density at radius 2 is 2.33 bits per heavy atom. The van der Waals surface area contributed by atoms with Crippen LogP contribution in [0.5, 0.6) is 0 Å². The molecule has 1 saturated carbocycles. The van der Waals surface area contributed by atoms with Gasteiger partial charge in [-0.1, -0.05) is 13.0 Å². The second-order valence-corrected chi connectivity index (χ2v) is 4.74. The van der Waals surface area contributed by atoms with Gasteiger partial charge in [0.1, 0.15) is 0 Å². The van der Waals surface area contributed by atoms with Crippen LogP contribution in [0, 0.1) is 11.8 Å². The molecule has 0 radical (unpaired) electrons. The Labute approximate surface area is 90.8 Å². The van der Waals surface area contributed by atoms with Gasteiger partial charge in [0.2, 0.25) is 0 Å². The quantitative estimate of drug-likeness (QED) is 0.702. The molecule has 0 amide bonds. The summed E-state index contributed by atoms with van der Waals surface area (Å²) < 4.78 is 0. The third kappa shape index (κ3) is 3.06. The van der Waals surface area contributed by atoms with E-state index in [1.165, 1.54) is 0 Å².